The first kappa shape index (κ1) is 31.9. The van der Waals surface area contributed by atoms with Crippen molar-refractivity contribution in [3.05, 3.63) is 217 Å². The van der Waals surface area contributed by atoms with Crippen LogP contribution in [0.2, 0.25) is 0 Å². The Morgan fingerprint density at radius 3 is 1.65 bits per heavy atom. The highest BCUT2D eigenvalue weighted by Gasteiger charge is 2.21. The maximum atomic E-state index is 2.46. The van der Waals surface area contributed by atoms with Gasteiger partial charge in [0.15, 0.2) is 0 Å². The van der Waals surface area contributed by atoms with E-state index < -0.39 is 0 Å². The number of benzene rings is 8. The molecule has 3 heterocycles. The van der Waals surface area contributed by atoms with Crippen molar-refractivity contribution in [2.24, 2.45) is 0 Å². The van der Waals surface area contributed by atoms with Crippen LogP contribution in [0.15, 0.2) is 206 Å². The fraction of sp³-hybridized carbons (Fsp3) is 0.0370. The van der Waals surface area contributed by atoms with Crippen molar-refractivity contribution in [3.8, 4) is 17.1 Å². The van der Waals surface area contributed by atoms with Gasteiger partial charge in [0.1, 0.15) is 0 Å². The summed E-state index contributed by atoms with van der Waals surface area (Å²) in [5, 5.41) is 7.52. The van der Waals surface area contributed by atoms with E-state index in [1.54, 1.807) is 0 Å². The molecule has 0 aliphatic heterocycles. The molecule has 0 radical (unpaired) electrons. The number of hydrogen-bond acceptors (Lipinski definition) is 0. The summed E-state index contributed by atoms with van der Waals surface area (Å²) in [5.41, 5.74) is 14.7. The summed E-state index contributed by atoms with van der Waals surface area (Å²) in [6.07, 6.45) is 7.83. The Bertz CT molecular complexity index is 3390. The van der Waals surface area contributed by atoms with Crippen LogP contribution in [0.1, 0.15) is 23.5 Å². The lowest BCUT2D eigenvalue weighted by Crippen LogP contribution is -2.02. The Hall–Kier alpha value is -7.36. The predicted molar refractivity (Wildman–Crippen MR) is 240 cm³/mol. The van der Waals surface area contributed by atoms with E-state index in [0.717, 1.165) is 12.1 Å². The van der Waals surface area contributed by atoms with Gasteiger partial charge in [0.05, 0.1) is 38.8 Å². The van der Waals surface area contributed by atoms with Crippen molar-refractivity contribution in [2.75, 3.05) is 0 Å². The van der Waals surface area contributed by atoms with E-state index in [1.807, 2.05) is 0 Å². The van der Waals surface area contributed by atoms with Gasteiger partial charge in [-0.3, -0.25) is 0 Å². The summed E-state index contributed by atoms with van der Waals surface area (Å²) in [7, 11) is 0. The third-order valence-electron chi connectivity index (χ3n) is 12.2. The van der Waals surface area contributed by atoms with Gasteiger partial charge in [0.25, 0.3) is 0 Å². The van der Waals surface area contributed by atoms with E-state index in [1.165, 1.54) is 93.5 Å². The zero-order valence-corrected chi connectivity index (χ0v) is 31.3. The van der Waals surface area contributed by atoms with Crippen molar-refractivity contribution in [3.63, 3.8) is 0 Å². The Labute approximate surface area is 330 Å². The lowest BCUT2D eigenvalue weighted by Gasteiger charge is -2.20. The number of aromatic nitrogens is 3. The average Bonchev–Trinajstić information content (AvgIpc) is 3.92. The number of allylic oxidation sites excluding steroid dienone is 4. The van der Waals surface area contributed by atoms with Gasteiger partial charge in [0.2, 0.25) is 0 Å². The Balaban J connectivity index is 1.06. The first-order valence-electron chi connectivity index (χ1n) is 19.9. The highest BCUT2D eigenvalue weighted by Crippen LogP contribution is 2.42. The van der Waals surface area contributed by atoms with Crippen molar-refractivity contribution < 1.29 is 0 Å². The van der Waals surface area contributed by atoms with Gasteiger partial charge in [0, 0.05) is 49.6 Å². The molecule has 0 saturated carbocycles. The molecule has 11 aromatic rings. The summed E-state index contributed by atoms with van der Waals surface area (Å²) in [6.45, 7) is 0. The van der Waals surface area contributed by atoms with Gasteiger partial charge in [-0.05, 0) is 83.8 Å². The lowest BCUT2D eigenvalue weighted by molar-refractivity contribution is 0.867. The lowest BCUT2D eigenvalue weighted by atomic mass is 9.85. The topological polar surface area (TPSA) is 14.8 Å². The van der Waals surface area contributed by atoms with Crippen LogP contribution in [-0.4, -0.2) is 13.7 Å². The maximum absolute atomic E-state index is 2.46. The van der Waals surface area contributed by atoms with Crippen LogP contribution >= 0.6 is 0 Å². The van der Waals surface area contributed by atoms with E-state index in [9.17, 15) is 0 Å². The number of para-hydroxylation sites is 4. The normalized spacial score (nSPS) is 14.5. The van der Waals surface area contributed by atoms with Gasteiger partial charge in [-0.1, -0.05) is 146 Å². The smallest absolute Gasteiger partial charge is 0.0562 e. The molecule has 1 atom stereocenters. The first-order chi connectivity index (χ1) is 28.3. The second-order valence-electron chi connectivity index (χ2n) is 15.3. The summed E-state index contributed by atoms with van der Waals surface area (Å²) in [4.78, 5) is 0. The first-order valence-corrected chi connectivity index (χ1v) is 19.9. The molecule has 12 rings (SSSR count). The predicted octanol–water partition coefficient (Wildman–Crippen LogP) is 14.1. The number of hydrogen-bond donors (Lipinski definition) is 0. The van der Waals surface area contributed by atoms with Gasteiger partial charge in [-0.2, -0.15) is 0 Å². The SMILES string of the molecule is C1=CC(c2ccccc2)CC(c2cccc(-n3c4ccccc4c4ccc(-n5c6ccccc6c6c(-n7c8ccccc8c8ccccc87)cccc65)cc43)c2)=C1. The van der Waals surface area contributed by atoms with Crippen LogP contribution in [0, 0.1) is 0 Å². The number of nitrogens with zero attached hydrogens (tertiary/aromatic N) is 3. The molecule has 3 aromatic heterocycles. The molecule has 268 valence electrons. The average molecular weight is 728 g/mol. The monoisotopic (exact) mass is 727 g/mol. The van der Waals surface area contributed by atoms with Crippen LogP contribution in [0.25, 0.3) is 88.1 Å². The molecular weight excluding hydrogens is 691 g/mol. The van der Waals surface area contributed by atoms with E-state index in [0.29, 0.717) is 5.92 Å². The zero-order valence-electron chi connectivity index (χ0n) is 31.3. The van der Waals surface area contributed by atoms with Gasteiger partial charge in [-0.15, -0.1) is 0 Å². The zero-order chi connectivity index (χ0) is 37.5. The quantitative estimate of drug-likeness (QED) is 0.168. The molecule has 0 fully saturated rings. The summed E-state index contributed by atoms with van der Waals surface area (Å²) < 4.78 is 7.38. The minimum atomic E-state index is 0.368. The minimum absolute atomic E-state index is 0.368. The van der Waals surface area contributed by atoms with Crippen LogP contribution in [-0.2, 0) is 0 Å². The van der Waals surface area contributed by atoms with Crippen molar-refractivity contribution in [1.29, 1.82) is 0 Å². The fourth-order valence-corrected chi connectivity index (χ4v) is 9.69. The Morgan fingerprint density at radius 1 is 0.386 bits per heavy atom. The van der Waals surface area contributed by atoms with Crippen LogP contribution in [0.4, 0.5) is 0 Å². The van der Waals surface area contributed by atoms with Gasteiger partial charge in [-0.25, -0.2) is 0 Å². The molecular formula is C54H37N3. The van der Waals surface area contributed by atoms with Crippen LogP contribution in [0.3, 0.4) is 0 Å². The van der Waals surface area contributed by atoms with Crippen molar-refractivity contribution >= 4 is 71.0 Å². The molecule has 0 N–H and O–H groups in total. The fourth-order valence-electron chi connectivity index (χ4n) is 9.69. The third-order valence-corrected chi connectivity index (χ3v) is 12.2. The second kappa shape index (κ2) is 12.6. The van der Waals surface area contributed by atoms with Crippen LogP contribution < -0.4 is 0 Å². The molecule has 3 nitrogen and oxygen atoms in total. The van der Waals surface area contributed by atoms with Crippen molar-refractivity contribution in [2.45, 2.75) is 12.3 Å². The highest BCUT2D eigenvalue weighted by atomic mass is 15.0. The second-order valence-corrected chi connectivity index (χ2v) is 15.3. The van der Waals surface area contributed by atoms with E-state index in [4.69, 9.17) is 0 Å². The minimum Gasteiger partial charge on any atom is -0.309 e. The number of fused-ring (bicyclic) bond motifs is 9. The molecule has 0 spiro atoms. The maximum Gasteiger partial charge on any atom is 0.0562 e. The van der Waals surface area contributed by atoms with E-state index in [-0.39, 0.29) is 0 Å². The summed E-state index contributed by atoms with van der Waals surface area (Å²) in [6, 6.07) is 69.1. The molecule has 8 aromatic carbocycles. The summed E-state index contributed by atoms with van der Waals surface area (Å²) in [5.74, 6) is 0.368. The summed E-state index contributed by atoms with van der Waals surface area (Å²) >= 11 is 0. The molecule has 0 bridgehead atoms. The third kappa shape index (κ3) is 4.85. The number of rotatable bonds is 5. The Morgan fingerprint density at radius 2 is 0.930 bits per heavy atom. The standard InChI is InChI=1S/C54H37N3/c1-2-15-36(16-3-1)37-17-12-18-38(33-37)39-19-13-20-40(34-39)56-47-25-8-4-23-44(47)45-32-31-41(35-53(45)56)55-50-28-11-7-24-46(50)54-51(55)29-14-30-52(54)57-48-26-9-5-21-42(48)43-22-6-10-27-49(43)57/h1-32,34-35,37H,33H2. The molecule has 1 aliphatic rings. The van der Waals surface area contributed by atoms with E-state index in [2.05, 4.69) is 220 Å². The molecule has 57 heavy (non-hydrogen) atoms. The molecule has 0 amide bonds. The van der Waals surface area contributed by atoms with Crippen molar-refractivity contribution in [1.82, 2.24) is 13.7 Å². The van der Waals surface area contributed by atoms with E-state index >= 15 is 0 Å². The van der Waals surface area contributed by atoms with Gasteiger partial charge >= 0.3 is 0 Å². The molecule has 3 heteroatoms. The Kier molecular flexibility index (Phi) is 7.05. The highest BCUT2D eigenvalue weighted by molar-refractivity contribution is 6.17. The van der Waals surface area contributed by atoms with Crippen LogP contribution in [0.5, 0.6) is 0 Å². The van der Waals surface area contributed by atoms with Gasteiger partial charge < -0.3 is 13.7 Å². The molecule has 1 unspecified atom stereocenters. The molecule has 1 aliphatic carbocycles. The largest absolute Gasteiger partial charge is 0.309 e. The molecule has 0 saturated heterocycles.